The molecule has 2 aromatic carbocycles. The van der Waals surface area contributed by atoms with Gasteiger partial charge in [-0.05, 0) is 22.4 Å². The summed E-state index contributed by atoms with van der Waals surface area (Å²) in [6.45, 7) is 0. The van der Waals surface area contributed by atoms with Gasteiger partial charge < -0.3 is 0 Å². The van der Waals surface area contributed by atoms with Crippen LogP contribution >= 0.6 is 0 Å². The second kappa shape index (κ2) is 4.36. The van der Waals surface area contributed by atoms with Crippen LogP contribution in [0.2, 0.25) is 0 Å². The number of rotatable bonds is 2. The first kappa shape index (κ1) is 9.38. The summed E-state index contributed by atoms with van der Waals surface area (Å²) in [7, 11) is 0. The summed E-state index contributed by atoms with van der Waals surface area (Å²) in [5, 5.41) is 2.33. The maximum atomic E-state index is 9.92. The van der Waals surface area contributed by atoms with Gasteiger partial charge in [-0.15, -0.1) is 0 Å². The van der Waals surface area contributed by atoms with E-state index in [0.29, 0.717) is 0 Å². The molecular weight excluding hydrogens is 186 g/mol. The molecule has 0 aliphatic rings. The third kappa shape index (κ3) is 2.01. The van der Waals surface area contributed by atoms with Crippen molar-refractivity contribution in [2.24, 2.45) is 4.99 Å². The molecule has 0 spiro atoms. The van der Waals surface area contributed by atoms with E-state index in [1.807, 2.05) is 30.3 Å². The van der Waals surface area contributed by atoms with E-state index >= 15 is 0 Å². The third-order valence-corrected chi connectivity index (χ3v) is 2.20. The van der Waals surface area contributed by atoms with Gasteiger partial charge in [-0.1, -0.05) is 42.5 Å². The van der Waals surface area contributed by atoms with Gasteiger partial charge in [-0.3, -0.25) is 0 Å². The molecule has 0 unspecified atom stereocenters. The molecule has 2 aromatic rings. The molecule has 2 rings (SSSR count). The number of benzene rings is 2. The van der Waals surface area contributed by atoms with Crippen molar-refractivity contribution in [2.75, 3.05) is 0 Å². The zero-order chi connectivity index (χ0) is 10.5. The number of hydrogen-bond acceptors (Lipinski definition) is 2. The first-order valence-corrected chi connectivity index (χ1v) is 4.63. The number of hydrogen-bond donors (Lipinski definition) is 0. The highest BCUT2D eigenvalue weighted by Gasteiger charge is 1.95. The molecule has 2 nitrogen and oxygen atoms in total. The van der Waals surface area contributed by atoms with Gasteiger partial charge in [-0.2, -0.15) is 4.99 Å². The Morgan fingerprint density at radius 2 is 1.87 bits per heavy atom. The average molecular weight is 195 g/mol. The number of nitrogens with zero attached hydrogens (tertiary/aromatic N) is 1. The minimum Gasteiger partial charge on any atom is -0.211 e. The van der Waals surface area contributed by atoms with Crippen molar-refractivity contribution in [3.63, 3.8) is 0 Å². The quantitative estimate of drug-likeness (QED) is 0.534. The largest absolute Gasteiger partial charge is 0.239 e. The summed E-state index contributed by atoms with van der Waals surface area (Å²) >= 11 is 0. The predicted octanol–water partition coefficient (Wildman–Crippen LogP) is 3.15. The lowest BCUT2D eigenvalue weighted by Gasteiger charge is -2.00. The van der Waals surface area contributed by atoms with Crippen LogP contribution in [-0.2, 0) is 4.79 Å². The lowest BCUT2D eigenvalue weighted by Crippen LogP contribution is -1.76. The van der Waals surface area contributed by atoms with Crippen LogP contribution in [0.25, 0.3) is 16.8 Å². The van der Waals surface area contributed by atoms with Crippen LogP contribution in [0.5, 0.6) is 0 Å². The molecule has 0 aliphatic heterocycles. The van der Waals surface area contributed by atoms with Crippen LogP contribution in [0, 0.1) is 0 Å². The Morgan fingerprint density at radius 1 is 1.07 bits per heavy atom. The third-order valence-electron chi connectivity index (χ3n) is 2.20. The normalized spacial score (nSPS) is 10.4. The van der Waals surface area contributed by atoms with Gasteiger partial charge in [0.25, 0.3) is 0 Å². The average Bonchev–Trinajstić information content (AvgIpc) is 2.30. The molecule has 0 saturated heterocycles. The highest BCUT2D eigenvalue weighted by atomic mass is 16.1. The second-order valence-corrected chi connectivity index (χ2v) is 3.10. The molecule has 0 aliphatic carbocycles. The number of carbonyl (C=O) groups excluding carboxylic acids is 1. The molecule has 0 atom stereocenters. The standard InChI is InChI=1S/C13H9NO/c15-10-14-9-8-12-6-3-5-11-4-1-2-7-13(11)12/h1-9H. The summed E-state index contributed by atoms with van der Waals surface area (Å²) in [6.07, 6.45) is 4.73. The Kier molecular flexibility index (Phi) is 2.72. The van der Waals surface area contributed by atoms with Crippen LogP contribution in [0.3, 0.4) is 0 Å². The van der Waals surface area contributed by atoms with Crippen molar-refractivity contribution in [1.29, 1.82) is 0 Å². The van der Waals surface area contributed by atoms with E-state index in [4.69, 9.17) is 0 Å². The molecule has 0 radical (unpaired) electrons. The van der Waals surface area contributed by atoms with E-state index in [9.17, 15) is 4.79 Å². The molecule has 15 heavy (non-hydrogen) atoms. The Hall–Kier alpha value is -2.18. The van der Waals surface area contributed by atoms with E-state index < -0.39 is 0 Å². The Labute approximate surface area is 87.6 Å². The molecule has 72 valence electrons. The second-order valence-electron chi connectivity index (χ2n) is 3.10. The summed E-state index contributed by atoms with van der Waals surface area (Å²) in [5.74, 6) is 0. The van der Waals surface area contributed by atoms with Crippen LogP contribution in [-0.4, -0.2) is 6.08 Å². The Bertz CT molecular complexity index is 546. The lowest BCUT2D eigenvalue weighted by atomic mass is 10.0. The minimum atomic E-state index is 1.05. The highest BCUT2D eigenvalue weighted by molar-refractivity contribution is 5.90. The summed E-state index contributed by atoms with van der Waals surface area (Å²) in [6, 6.07) is 14.1. The van der Waals surface area contributed by atoms with E-state index in [-0.39, 0.29) is 0 Å². The lowest BCUT2D eigenvalue weighted by molar-refractivity contribution is 0.565. The SMILES string of the molecule is O=C=NC=Cc1cccc2ccccc12. The van der Waals surface area contributed by atoms with Gasteiger partial charge in [-0.25, -0.2) is 4.79 Å². The van der Waals surface area contributed by atoms with Crippen molar-refractivity contribution >= 4 is 22.9 Å². The Balaban J connectivity index is 2.55. The monoisotopic (exact) mass is 195 g/mol. The topological polar surface area (TPSA) is 29.4 Å². The van der Waals surface area contributed by atoms with Gasteiger partial charge >= 0.3 is 0 Å². The van der Waals surface area contributed by atoms with E-state index in [2.05, 4.69) is 17.1 Å². The van der Waals surface area contributed by atoms with E-state index in [1.54, 1.807) is 6.08 Å². The van der Waals surface area contributed by atoms with Crippen LogP contribution in [0.1, 0.15) is 5.56 Å². The molecule has 0 N–H and O–H groups in total. The predicted molar refractivity (Wildman–Crippen MR) is 61.1 cm³/mol. The molecule has 0 heterocycles. The first-order valence-electron chi connectivity index (χ1n) is 4.63. The number of isocyanates is 1. The Morgan fingerprint density at radius 3 is 2.73 bits per heavy atom. The fraction of sp³-hybridized carbons (Fsp3) is 0. The summed E-state index contributed by atoms with van der Waals surface area (Å²) in [4.78, 5) is 13.3. The number of aliphatic imine (C=N–C) groups is 1. The van der Waals surface area contributed by atoms with E-state index in [1.165, 1.54) is 17.7 Å². The minimum absolute atomic E-state index is 1.05. The molecule has 2 heteroatoms. The van der Waals surface area contributed by atoms with Crippen molar-refractivity contribution in [1.82, 2.24) is 0 Å². The summed E-state index contributed by atoms with van der Waals surface area (Å²) in [5.41, 5.74) is 1.05. The summed E-state index contributed by atoms with van der Waals surface area (Å²) < 4.78 is 0. The zero-order valence-corrected chi connectivity index (χ0v) is 8.05. The molecular formula is C13H9NO. The first-order chi connectivity index (χ1) is 7.42. The molecule has 0 saturated carbocycles. The van der Waals surface area contributed by atoms with Gasteiger partial charge in [0, 0.05) is 6.20 Å². The smallest absolute Gasteiger partial charge is 0.211 e. The van der Waals surface area contributed by atoms with E-state index in [0.717, 1.165) is 10.9 Å². The van der Waals surface area contributed by atoms with Crippen LogP contribution < -0.4 is 0 Å². The zero-order valence-electron chi connectivity index (χ0n) is 8.05. The van der Waals surface area contributed by atoms with Crippen LogP contribution in [0.4, 0.5) is 0 Å². The maximum absolute atomic E-state index is 9.92. The van der Waals surface area contributed by atoms with Crippen molar-refractivity contribution in [3.05, 3.63) is 54.2 Å². The van der Waals surface area contributed by atoms with Gasteiger partial charge in [0.2, 0.25) is 6.08 Å². The molecule has 0 amide bonds. The van der Waals surface area contributed by atoms with Crippen molar-refractivity contribution < 1.29 is 4.79 Å². The number of fused-ring (bicyclic) bond motifs is 1. The fourth-order valence-electron chi connectivity index (χ4n) is 1.54. The van der Waals surface area contributed by atoms with Crippen molar-refractivity contribution in [3.8, 4) is 0 Å². The molecule has 0 fully saturated rings. The molecule has 0 aromatic heterocycles. The molecule has 0 bridgehead atoms. The van der Waals surface area contributed by atoms with Gasteiger partial charge in [0.1, 0.15) is 0 Å². The van der Waals surface area contributed by atoms with Gasteiger partial charge in [0.05, 0.1) is 0 Å². The fourth-order valence-corrected chi connectivity index (χ4v) is 1.54. The highest BCUT2D eigenvalue weighted by Crippen LogP contribution is 2.19. The maximum Gasteiger partial charge on any atom is 0.239 e. The van der Waals surface area contributed by atoms with Crippen LogP contribution in [0.15, 0.2) is 53.7 Å². The van der Waals surface area contributed by atoms with Gasteiger partial charge in [0.15, 0.2) is 0 Å². The van der Waals surface area contributed by atoms with Crippen molar-refractivity contribution in [2.45, 2.75) is 0 Å².